The number of benzene rings is 1. The van der Waals surface area contributed by atoms with E-state index in [2.05, 4.69) is 6.92 Å². The predicted octanol–water partition coefficient (Wildman–Crippen LogP) is 2.27. The van der Waals surface area contributed by atoms with Crippen LogP contribution < -0.4 is 0 Å². The summed E-state index contributed by atoms with van der Waals surface area (Å²) in [6.45, 7) is 2.06. The van der Waals surface area contributed by atoms with Gasteiger partial charge in [0.05, 0.1) is 15.5 Å². The van der Waals surface area contributed by atoms with Gasteiger partial charge in [0.15, 0.2) is 0 Å². The summed E-state index contributed by atoms with van der Waals surface area (Å²) in [5.41, 5.74) is 1.24. The Kier molecular flexibility index (Phi) is 1.33. The lowest BCUT2D eigenvalue weighted by atomic mass is 10.2. The zero-order valence-electron chi connectivity index (χ0n) is 7.62. The monoisotopic (exact) mass is 192 g/mol. The Labute approximate surface area is 80.6 Å². The average molecular weight is 192 g/mol. The first kappa shape index (κ1) is 7.74. The van der Waals surface area contributed by atoms with Crippen LogP contribution in [-0.4, -0.2) is 8.96 Å². The SMILES string of the molecule is Cc1ccc(S(=O)C23CC2C3)cc1. The number of aryl methyl sites for hydroxylation is 1. The first-order valence-electron chi connectivity index (χ1n) is 4.71. The van der Waals surface area contributed by atoms with Crippen molar-refractivity contribution < 1.29 is 4.21 Å². The third-order valence-electron chi connectivity index (χ3n) is 3.21. The Morgan fingerprint density at radius 1 is 1.31 bits per heavy atom. The molecule has 0 radical (unpaired) electrons. The van der Waals surface area contributed by atoms with Crippen LogP contribution in [0.2, 0.25) is 0 Å². The quantitative estimate of drug-likeness (QED) is 0.702. The van der Waals surface area contributed by atoms with Crippen molar-refractivity contribution in [2.45, 2.75) is 29.4 Å². The predicted molar refractivity (Wildman–Crippen MR) is 53.0 cm³/mol. The Morgan fingerprint density at radius 3 is 2.31 bits per heavy atom. The molecule has 1 aromatic rings. The summed E-state index contributed by atoms with van der Waals surface area (Å²) in [5.74, 6) is 0.801. The van der Waals surface area contributed by atoms with Crippen molar-refractivity contribution in [2.75, 3.05) is 0 Å². The largest absolute Gasteiger partial charge is 0.254 e. The molecule has 0 heterocycles. The highest BCUT2D eigenvalue weighted by Crippen LogP contribution is 2.71. The molecule has 2 saturated carbocycles. The van der Waals surface area contributed by atoms with Gasteiger partial charge in [-0.3, -0.25) is 4.21 Å². The Balaban J connectivity index is 1.92. The van der Waals surface area contributed by atoms with Gasteiger partial charge in [0.25, 0.3) is 0 Å². The van der Waals surface area contributed by atoms with Gasteiger partial charge in [0, 0.05) is 4.90 Å². The third kappa shape index (κ3) is 1.01. The molecule has 13 heavy (non-hydrogen) atoms. The van der Waals surface area contributed by atoms with E-state index in [4.69, 9.17) is 0 Å². The maximum absolute atomic E-state index is 12.0. The van der Waals surface area contributed by atoms with Crippen LogP contribution >= 0.6 is 0 Å². The van der Waals surface area contributed by atoms with Crippen molar-refractivity contribution in [1.82, 2.24) is 0 Å². The minimum Gasteiger partial charge on any atom is -0.254 e. The summed E-state index contributed by atoms with van der Waals surface area (Å²) in [6.07, 6.45) is 2.40. The van der Waals surface area contributed by atoms with Gasteiger partial charge in [0.2, 0.25) is 0 Å². The second kappa shape index (κ2) is 2.24. The summed E-state index contributed by atoms with van der Waals surface area (Å²) in [7, 11) is -0.724. The lowest BCUT2D eigenvalue weighted by Gasteiger charge is -2.04. The number of rotatable bonds is 2. The van der Waals surface area contributed by atoms with Crippen molar-refractivity contribution in [3.8, 4) is 0 Å². The summed E-state index contributed by atoms with van der Waals surface area (Å²) in [5, 5.41) is 0. The summed E-state index contributed by atoms with van der Waals surface area (Å²) in [4.78, 5) is 1.02. The molecule has 68 valence electrons. The summed E-state index contributed by atoms with van der Waals surface area (Å²) < 4.78 is 12.2. The maximum Gasteiger partial charge on any atom is 0.0595 e. The van der Waals surface area contributed by atoms with Gasteiger partial charge >= 0.3 is 0 Å². The van der Waals surface area contributed by atoms with Gasteiger partial charge in [-0.15, -0.1) is 0 Å². The molecule has 1 atom stereocenters. The number of hydrogen-bond acceptors (Lipinski definition) is 1. The molecule has 0 N–H and O–H groups in total. The molecule has 1 aromatic carbocycles. The van der Waals surface area contributed by atoms with Gasteiger partial charge in [-0.1, -0.05) is 17.7 Å². The molecule has 3 rings (SSSR count). The first-order valence-corrected chi connectivity index (χ1v) is 5.86. The van der Waals surface area contributed by atoms with Gasteiger partial charge in [-0.05, 0) is 37.8 Å². The van der Waals surface area contributed by atoms with Gasteiger partial charge < -0.3 is 0 Å². The molecule has 2 fully saturated rings. The summed E-state index contributed by atoms with van der Waals surface area (Å²) >= 11 is 0. The van der Waals surface area contributed by atoms with Gasteiger partial charge in [0.1, 0.15) is 0 Å². The fraction of sp³-hybridized carbons (Fsp3) is 0.455. The molecule has 2 aliphatic rings. The fourth-order valence-corrected chi connectivity index (χ4v) is 3.72. The van der Waals surface area contributed by atoms with Crippen LogP contribution in [0.5, 0.6) is 0 Å². The molecule has 0 aromatic heterocycles. The van der Waals surface area contributed by atoms with Crippen LogP contribution in [0.4, 0.5) is 0 Å². The molecule has 0 amide bonds. The molecule has 0 spiro atoms. The maximum atomic E-state index is 12.0. The topological polar surface area (TPSA) is 17.1 Å². The van der Waals surface area contributed by atoms with Gasteiger partial charge in [-0.25, -0.2) is 0 Å². The van der Waals surface area contributed by atoms with E-state index >= 15 is 0 Å². The number of fused-ring (bicyclic) bond motifs is 1. The van der Waals surface area contributed by atoms with Crippen LogP contribution in [0.1, 0.15) is 18.4 Å². The molecule has 1 unspecified atom stereocenters. The lowest BCUT2D eigenvalue weighted by Crippen LogP contribution is -2.05. The van der Waals surface area contributed by atoms with E-state index in [9.17, 15) is 4.21 Å². The van der Waals surface area contributed by atoms with E-state index < -0.39 is 10.8 Å². The van der Waals surface area contributed by atoms with Crippen molar-refractivity contribution >= 4 is 10.8 Å². The fourth-order valence-electron chi connectivity index (χ4n) is 1.86. The van der Waals surface area contributed by atoms with Crippen molar-refractivity contribution in [3.63, 3.8) is 0 Å². The average Bonchev–Trinajstić information content (AvgIpc) is 2.91. The molecule has 2 heteroatoms. The van der Waals surface area contributed by atoms with Crippen LogP contribution in [0, 0.1) is 12.8 Å². The number of hydrogen-bond donors (Lipinski definition) is 0. The van der Waals surface area contributed by atoms with Crippen LogP contribution in [0.15, 0.2) is 29.2 Å². The highest BCUT2D eigenvalue weighted by Gasteiger charge is 2.73. The smallest absolute Gasteiger partial charge is 0.0595 e. The first-order chi connectivity index (χ1) is 6.22. The Bertz CT molecular complexity index is 374. The van der Waals surface area contributed by atoms with Crippen LogP contribution in [-0.2, 0) is 10.8 Å². The normalized spacial score (nSPS) is 36.5. The zero-order valence-corrected chi connectivity index (χ0v) is 8.43. The molecule has 0 bridgehead atoms. The highest BCUT2D eigenvalue weighted by atomic mass is 32.2. The zero-order chi connectivity index (χ0) is 9.05. The Hall–Kier alpha value is -0.630. The van der Waals surface area contributed by atoms with E-state index in [0.29, 0.717) is 0 Å². The van der Waals surface area contributed by atoms with E-state index in [1.54, 1.807) is 0 Å². The minimum absolute atomic E-state index is 0.245. The molecule has 2 aliphatic carbocycles. The van der Waals surface area contributed by atoms with E-state index in [1.807, 2.05) is 24.3 Å². The lowest BCUT2D eigenvalue weighted by molar-refractivity contribution is 0.676. The standard InChI is InChI=1S/C11H12OS/c1-8-2-4-10(5-3-8)13(12)11-6-9(11)7-11/h2-5,9H,6-7H2,1H3. The van der Waals surface area contributed by atoms with E-state index in [1.165, 1.54) is 18.4 Å². The van der Waals surface area contributed by atoms with Crippen molar-refractivity contribution in [3.05, 3.63) is 29.8 Å². The Morgan fingerprint density at radius 2 is 1.85 bits per heavy atom. The van der Waals surface area contributed by atoms with Crippen LogP contribution in [0.25, 0.3) is 0 Å². The van der Waals surface area contributed by atoms with E-state index in [-0.39, 0.29) is 4.75 Å². The van der Waals surface area contributed by atoms with Crippen molar-refractivity contribution in [1.29, 1.82) is 0 Å². The van der Waals surface area contributed by atoms with E-state index in [0.717, 1.165) is 10.8 Å². The molecular formula is C11H12OS. The van der Waals surface area contributed by atoms with Crippen molar-refractivity contribution in [2.24, 2.45) is 5.92 Å². The molecule has 1 nitrogen and oxygen atoms in total. The molecular weight excluding hydrogens is 180 g/mol. The molecule has 0 saturated heterocycles. The molecule has 0 aliphatic heterocycles. The van der Waals surface area contributed by atoms with Gasteiger partial charge in [-0.2, -0.15) is 0 Å². The highest BCUT2D eigenvalue weighted by molar-refractivity contribution is 7.87. The second-order valence-electron chi connectivity index (χ2n) is 4.25. The van der Waals surface area contributed by atoms with Crippen LogP contribution in [0.3, 0.4) is 0 Å². The second-order valence-corrected chi connectivity index (χ2v) is 6.07. The third-order valence-corrected chi connectivity index (χ3v) is 5.32. The minimum atomic E-state index is -0.724. The summed E-state index contributed by atoms with van der Waals surface area (Å²) in [6, 6.07) is 8.11.